The second-order valence-corrected chi connectivity index (χ2v) is 7.82. The number of hydrogen-bond acceptors (Lipinski definition) is 5. The number of carbonyl (C=O) groups excluding carboxylic acids is 1. The lowest BCUT2D eigenvalue weighted by molar-refractivity contribution is -0.141. The van der Waals surface area contributed by atoms with E-state index in [9.17, 15) is 18.0 Å². The number of nitrogens with one attached hydrogen (secondary N) is 1. The molecule has 1 aliphatic heterocycles. The van der Waals surface area contributed by atoms with E-state index in [1.807, 2.05) is 6.26 Å². The van der Waals surface area contributed by atoms with Gasteiger partial charge in [-0.25, -0.2) is 13.2 Å². The normalized spacial score (nSPS) is 23.5. The smallest absolute Gasteiger partial charge is 0.326 e. The molecule has 8 heteroatoms. The van der Waals surface area contributed by atoms with Crippen molar-refractivity contribution in [1.29, 1.82) is 0 Å². The van der Waals surface area contributed by atoms with Crippen molar-refractivity contribution in [2.75, 3.05) is 17.8 Å². The number of sulfone groups is 1. The molecule has 0 aromatic rings. The zero-order valence-corrected chi connectivity index (χ0v) is 12.4. The first kappa shape index (κ1) is 16.3. The van der Waals surface area contributed by atoms with E-state index in [-0.39, 0.29) is 18.6 Å². The number of rotatable bonds is 6. The third kappa shape index (κ3) is 4.68. The largest absolute Gasteiger partial charge is 0.480 e. The zero-order chi connectivity index (χ0) is 14.5. The van der Waals surface area contributed by atoms with Gasteiger partial charge in [-0.1, -0.05) is 6.42 Å². The Morgan fingerprint density at radius 3 is 2.63 bits per heavy atom. The van der Waals surface area contributed by atoms with E-state index >= 15 is 0 Å². The summed E-state index contributed by atoms with van der Waals surface area (Å²) in [5.74, 6) is -1.20. The first-order valence-corrected chi connectivity index (χ1v) is 9.23. The Morgan fingerprint density at radius 1 is 1.42 bits per heavy atom. The summed E-state index contributed by atoms with van der Waals surface area (Å²) in [6.07, 6.45) is 3.66. The topological polar surface area (TPSA) is 101 Å². The molecular weight excluding hydrogens is 290 g/mol. The summed E-state index contributed by atoms with van der Waals surface area (Å²) in [6.45, 7) is 0. The first-order chi connectivity index (χ1) is 8.88. The quantitative estimate of drug-likeness (QED) is 0.731. The minimum atomic E-state index is -3.42. The van der Waals surface area contributed by atoms with E-state index in [1.54, 1.807) is 0 Å². The van der Waals surface area contributed by atoms with Gasteiger partial charge < -0.3 is 10.4 Å². The lowest BCUT2D eigenvalue weighted by atomic mass is 10.1. The van der Waals surface area contributed by atoms with Crippen LogP contribution < -0.4 is 5.32 Å². The Hall–Kier alpha value is -0.760. The molecule has 0 aromatic heterocycles. The van der Waals surface area contributed by atoms with E-state index < -0.39 is 33.0 Å². The fraction of sp³-hybridized carbons (Fsp3) is 0.818. The van der Waals surface area contributed by atoms with Crippen LogP contribution in [0.4, 0.5) is 0 Å². The van der Waals surface area contributed by atoms with Crippen LogP contribution >= 0.6 is 11.8 Å². The van der Waals surface area contributed by atoms with Crippen molar-refractivity contribution in [1.82, 2.24) is 5.32 Å². The van der Waals surface area contributed by atoms with Crippen LogP contribution in [-0.4, -0.2) is 54.5 Å². The number of aliphatic carboxylic acids is 1. The second-order valence-electron chi connectivity index (χ2n) is 4.53. The highest BCUT2D eigenvalue weighted by molar-refractivity contribution is 7.98. The van der Waals surface area contributed by atoms with E-state index in [0.29, 0.717) is 18.6 Å². The molecule has 1 aliphatic rings. The van der Waals surface area contributed by atoms with Crippen LogP contribution in [0.3, 0.4) is 0 Å². The predicted molar refractivity (Wildman–Crippen MR) is 74.0 cm³/mol. The standard InChI is InChI=1S/C11H19NO5S2/c1-18-6-5-8(11(14)15)12-10(13)9-4-2-3-7-19(9,16)17/h8-9H,2-7H2,1H3,(H,12,13)(H,14,15)/t8-,9?/m1/s1. The summed E-state index contributed by atoms with van der Waals surface area (Å²) in [5.41, 5.74) is 0. The molecular formula is C11H19NO5S2. The van der Waals surface area contributed by atoms with Crippen molar-refractivity contribution in [3.05, 3.63) is 0 Å². The van der Waals surface area contributed by atoms with Crippen molar-refractivity contribution < 1.29 is 23.1 Å². The van der Waals surface area contributed by atoms with Crippen molar-refractivity contribution in [2.45, 2.75) is 37.0 Å². The first-order valence-electron chi connectivity index (χ1n) is 6.12. The molecule has 6 nitrogen and oxygen atoms in total. The summed E-state index contributed by atoms with van der Waals surface area (Å²) in [6, 6.07) is -1.02. The number of carbonyl (C=O) groups is 2. The van der Waals surface area contributed by atoms with Gasteiger partial charge in [0.05, 0.1) is 5.75 Å². The highest BCUT2D eigenvalue weighted by Gasteiger charge is 2.36. The fourth-order valence-electron chi connectivity index (χ4n) is 2.01. The molecule has 1 rings (SSSR count). The van der Waals surface area contributed by atoms with Gasteiger partial charge in [0.25, 0.3) is 0 Å². The molecule has 19 heavy (non-hydrogen) atoms. The average Bonchev–Trinajstić information content (AvgIpc) is 2.33. The van der Waals surface area contributed by atoms with Gasteiger partial charge in [-0.2, -0.15) is 11.8 Å². The summed E-state index contributed by atoms with van der Waals surface area (Å²) in [5, 5.41) is 10.3. The van der Waals surface area contributed by atoms with Crippen molar-refractivity contribution in [3.8, 4) is 0 Å². The van der Waals surface area contributed by atoms with E-state index in [4.69, 9.17) is 5.11 Å². The van der Waals surface area contributed by atoms with Gasteiger partial charge in [-0.05, 0) is 31.3 Å². The van der Waals surface area contributed by atoms with Crippen LogP contribution in [0.25, 0.3) is 0 Å². The summed E-state index contributed by atoms with van der Waals surface area (Å²) in [4.78, 5) is 22.9. The molecule has 1 unspecified atom stereocenters. The third-order valence-electron chi connectivity index (χ3n) is 3.10. The molecule has 2 atom stereocenters. The predicted octanol–water partition coefficient (Wildman–Crippen LogP) is 0.276. The summed E-state index contributed by atoms with van der Waals surface area (Å²) < 4.78 is 23.6. The summed E-state index contributed by atoms with van der Waals surface area (Å²) >= 11 is 1.48. The molecule has 2 N–H and O–H groups in total. The minimum absolute atomic E-state index is 0.00758. The molecule has 110 valence electrons. The van der Waals surface area contributed by atoms with Crippen molar-refractivity contribution in [2.24, 2.45) is 0 Å². The highest BCUT2D eigenvalue weighted by atomic mass is 32.2. The molecule has 0 radical (unpaired) electrons. The van der Waals surface area contributed by atoms with E-state index in [2.05, 4.69) is 5.32 Å². The number of amides is 1. The van der Waals surface area contributed by atoms with Gasteiger partial charge in [0.1, 0.15) is 11.3 Å². The molecule has 0 aromatic carbocycles. The van der Waals surface area contributed by atoms with Crippen LogP contribution in [0.15, 0.2) is 0 Å². The molecule has 0 saturated carbocycles. The lowest BCUT2D eigenvalue weighted by Crippen LogP contribution is -2.49. The Bertz CT molecular complexity index is 434. The van der Waals surface area contributed by atoms with Gasteiger partial charge in [0, 0.05) is 0 Å². The second kappa shape index (κ2) is 7.14. The summed E-state index contributed by atoms with van der Waals surface area (Å²) in [7, 11) is -3.42. The lowest BCUT2D eigenvalue weighted by Gasteiger charge is -2.23. The molecule has 0 bridgehead atoms. The zero-order valence-electron chi connectivity index (χ0n) is 10.8. The van der Waals surface area contributed by atoms with Crippen LogP contribution in [0.1, 0.15) is 25.7 Å². The Kier molecular flexibility index (Phi) is 6.12. The fourth-order valence-corrected chi connectivity index (χ4v) is 4.29. The number of carboxylic acid groups (broad SMARTS) is 1. The molecule has 1 amide bonds. The Balaban J connectivity index is 2.68. The van der Waals surface area contributed by atoms with Crippen LogP contribution in [0, 0.1) is 0 Å². The van der Waals surface area contributed by atoms with Gasteiger partial charge in [-0.15, -0.1) is 0 Å². The Labute approximate surface area is 117 Å². The van der Waals surface area contributed by atoms with Crippen molar-refractivity contribution in [3.63, 3.8) is 0 Å². The number of thioether (sulfide) groups is 1. The minimum Gasteiger partial charge on any atom is -0.480 e. The molecule has 0 spiro atoms. The monoisotopic (exact) mass is 309 g/mol. The molecule has 1 heterocycles. The third-order valence-corrected chi connectivity index (χ3v) is 5.91. The molecule has 1 fully saturated rings. The number of hydrogen-bond donors (Lipinski definition) is 2. The maximum Gasteiger partial charge on any atom is 0.326 e. The molecule has 0 aliphatic carbocycles. The van der Waals surface area contributed by atoms with Gasteiger partial charge in [0.15, 0.2) is 9.84 Å². The highest BCUT2D eigenvalue weighted by Crippen LogP contribution is 2.20. The van der Waals surface area contributed by atoms with Gasteiger partial charge in [-0.3, -0.25) is 4.79 Å². The van der Waals surface area contributed by atoms with E-state index in [1.165, 1.54) is 11.8 Å². The van der Waals surface area contributed by atoms with Crippen LogP contribution in [0.5, 0.6) is 0 Å². The van der Waals surface area contributed by atoms with Gasteiger partial charge in [0.2, 0.25) is 5.91 Å². The van der Waals surface area contributed by atoms with Crippen LogP contribution in [-0.2, 0) is 19.4 Å². The average molecular weight is 309 g/mol. The van der Waals surface area contributed by atoms with Crippen molar-refractivity contribution >= 4 is 33.5 Å². The Morgan fingerprint density at radius 2 is 2.11 bits per heavy atom. The SMILES string of the molecule is CSCC[C@@H](NC(=O)C1CCCCS1(=O)=O)C(=O)O. The maximum atomic E-state index is 11.9. The van der Waals surface area contributed by atoms with E-state index in [0.717, 1.165) is 0 Å². The molecule has 1 saturated heterocycles. The van der Waals surface area contributed by atoms with Crippen LogP contribution in [0.2, 0.25) is 0 Å². The van der Waals surface area contributed by atoms with Gasteiger partial charge >= 0.3 is 5.97 Å². The maximum absolute atomic E-state index is 11.9. The number of carboxylic acids is 1.